The van der Waals surface area contributed by atoms with E-state index in [0.29, 0.717) is 53.7 Å². The number of halogens is 1. The maximum Gasteiger partial charge on any atom is 0.272 e. The number of aromatic amines is 2. The normalized spacial score (nSPS) is 18.1. The van der Waals surface area contributed by atoms with Gasteiger partial charge in [-0.1, -0.05) is 11.6 Å². The van der Waals surface area contributed by atoms with Gasteiger partial charge in [0, 0.05) is 47.9 Å². The summed E-state index contributed by atoms with van der Waals surface area (Å²) >= 11 is 6.30. The number of rotatable bonds is 6. The molecule has 1 aliphatic rings. The number of amides is 2. The van der Waals surface area contributed by atoms with Crippen molar-refractivity contribution in [3.63, 3.8) is 0 Å². The molecule has 0 spiro atoms. The standard InChI is InChI=1S/C24H24ClN7O3/c1-35-21-9-17(18(25)12-28-21)19-10-20(31-30-19)24(34)32-6-4-13(22(26)33)7-15(32)8-14-11-29-23-16(14)3-2-5-27-23/h2-3,5,9-13,15H,4,6-8H2,1H3,(H2,26,33)(H,27,29)(H,30,31). The van der Waals surface area contributed by atoms with Crippen LogP contribution >= 0.6 is 11.6 Å². The molecule has 1 saturated heterocycles. The number of ether oxygens (including phenoxy) is 1. The first-order valence-corrected chi connectivity index (χ1v) is 11.6. The first-order valence-electron chi connectivity index (χ1n) is 11.2. The zero-order valence-electron chi connectivity index (χ0n) is 19.0. The maximum atomic E-state index is 13.6. The van der Waals surface area contributed by atoms with Gasteiger partial charge in [0.2, 0.25) is 11.8 Å². The van der Waals surface area contributed by atoms with Gasteiger partial charge in [-0.2, -0.15) is 5.10 Å². The van der Waals surface area contributed by atoms with Crippen LogP contribution in [0.5, 0.6) is 5.88 Å². The SMILES string of the molecule is COc1cc(-c2cc(C(=O)N3CCC(C(N)=O)CC3Cc3c[nH]c4ncccc34)[nH]n2)c(Cl)cn1. The highest BCUT2D eigenvalue weighted by Gasteiger charge is 2.35. The van der Waals surface area contributed by atoms with E-state index in [1.807, 2.05) is 18.3 Å². The van der Waals surface area contributed by atoms with Gasteiger partial charge in [-0.3, -0.25) is 14.7 Å². The fraction of sp³-hybridized carbons (Fsp3) is 0.292. The minimum Gasteiger partial charge on any atom is -0.481 e. The molecule has 1 aliphatic heterocycles. The Morgan fingerprint density at radius 1 is 1.31 bits per heavy atom. The molecule has 4 N–H and O–H groups in total. The molecule has 2 atom stereocenters. The number of pyridine rings is 2. The second kappa shape index (κ2) is 9.38. The Balaban J connectivity index is 1.43. The van der Waals surface area contributed by atoms with Crippen molar-refractivity contribution in [2.45, 2.75) is 25.3 Å². The van der Waals surface area contributed by atoms with Crippen LogP contribution in [-0.2, 0) is 11.2 Å². The van der Waals surface area contributed by atoms with E-state index in [1.165, 1.54) is 13.3 Å². The number of hydrogen-bond donors (Lipinski definition) is 3. The molecule has 0 aromatic carbocycles. The van der Waals surface area contributed by atoms with E-state index in [0.717, 1.165) is 16.6 Å². The predicted octanol–water partition coefficient (Wildman–Crippen LogP) is 2.96. The summed E-state index contributed by atoms with van der Waals surface area (Å²) in [7, 11) is 1.51. The highest BCUT2D eigenvalue weighted by molar-refractivity contribution is 6.33. The Labute approximate surface area is 205 Å². The first-order chi connectivity index (χ1) is 16.9. The fourth-order valence-electron chi connectivity index (χ4n) is 4.66. The van der Waals surface area contributed by atoms with Gasteiger partial charge in [0.05, 0.1) is 24.0 Å². The van der Waals surface area contributed by atoms with Gasteiger partial charge < -0.3 is 20.4 Å². The third-order valence-electron chi connectivity index (χ3n) is 6.49. The number of piperidine rings is 1. The molecule has 180 valence electrons. The van der Waals surface area contributed by atoms with E-state index >= 15 is 0 Å². The van der Waals surface area contributed by atoms with Crippen molar-refractivity contribution in [1.82, 2.24) is 30.0 Å². The number of carbonyl (C=O) groups is 2. The minimum absolute atomic E-state index is 0.202. The lowest BCUT2D eigenvalue weighted by molar-refractivity contribution is -0.123. The van der Waals surface area contributed by atoms with Crippen LogP contribution in [0.1, 0.15) is 28.9 Å². The van der Waals surface area contributed by atoms with Crippen molar-refractivity contribution in [2.24, 2.45) is 11.7 Å². The molecular weight excluding hydrogens is 470 g/mol. The number of nitrogens with zero attached hydrogens (tertiary/aromatic N) is 4. The molecule has 0 aliphatic carbocycles. The van der Waals surface area contributed by atoms with Crippen molar-refractivity contribution in [2.75, 3.05) is 13.7 Å². The van der Waals surface area contributed by atoms with Gasteiger partial charge in [0.25, 0.3) is 5.91 Å². The van der Waals surface area contributed by atoms with Crippen molar-refractivity contribution in [1.29, 1.82) is 0 Å². The number of aromatic nitrogens is 5. The molecule has 11 heteroatoms. The Kier molecular flexibility index (Phi) is 6.12. The van der Waals surface area contributed by atoms with E-state index in [2.05, 4.69) is 25.1 Å². The molecule has 5 rings (SSSR count). The zero-order valence-corrected chi connectivity index (χ0v) is 19.7. The van der Waals surface area contributed by atoms with E-state index in [1.54, 1.807) is 23.2 Å². The number of primary amides is 1. The third-order valence-corrected chi connectivity index (χ3v) is 6.80. The molecule has 35 heavy (non-hydrogen) atoms. The quantitative estimate of drug-likeness (QED) is 0.377. The average molecular weight is 494 g/mol. The summed E-state index contributed by atoms with van der Waals surface area (Å²) < 4.78 is 5.18. The Hall–Kier alpha value is -3.92. The number of fused-ring (bicyclic) bond motifs is 1. The van der Waals surface area contributed by atoms with Gasteiger partial charge >= 0.3 is 0 Å². The van der Waals surface area contributed by atoms with Crippen LogP contribution in [0.3, 0.4) is 0 Å². The van der Waals surface area contributed by atoms with Crippen LogP contribution < -0.4 is 10.5 Å². The number of carbonyl (C=O) groups excluding carboxylic acids is 2. The highest BCUT2D eigenvalue weighted by Crippen LogP contribution is 2.31. The number of hydrogen-bond acceptors (Lipinski definition) is 6. The summed E-state index contributed by atoms with van der Waals surface area (Å²) in [6.07, 6.45) is 6.68. The molecule has 4 aromatic rings. The zero-order chi connectivity index (χ0) is 24.5. The second-order valence-corrected chi connectivity index (χ2v) is 8.97. The summed E-state index contributed by atoms with van der Waals surface area (Å²) in [4.78, 5) is 38.9. The van der Waals surface area contributed by atoms with Crippen LogP contribution in [0.15, 0.2) is 42.9 Å². The average Bonchev–Trinajstić information content (AvgIpc) is 3.52. The molecule has 10 nitrogen and oxygen atoms in total. The first kappa shape index (κ1) is 22.9. The number of likely N-dealkylation sites (tertiary alicyclic amines) is 1. The minimum atomic E-state index is -0.340. The smallest absolute Gasteiger partial charge is 0.272 e. The van der Waals surface area contributed by atoms with Crippen LogP contribution in [0.2, 0.25) is 5.02 Å². The molecular formula is C24H24ClN7O3. The number of H-pyrrole nitrogens is 2. The van der Waals surface area contributed by atoms with E-state index in [-0.39, 0.29) is 23.8 Å². The monoisotopic (exact) mass is 493 g/mol. The number of nitrogens with one attached hydrogen (secondary N) is 2. The van der Waals surface area contributed by atoms with E-state index in [4.69, 9.17) is 22.1 Å². The molecule has 0 saturated carbocycles. The fourth-order valence-corrected chi connectivity index (χ4v) is 4.86. The van der Waals surface area contributed by atoms with E-state index in [9.17, 15) is 9.59 Å². The van der Waals surface area contributed by atoms with Gasteiger partial charge in [0.1, 0.15) is 11.3 Å². The lowest BCUT2D eigenvalue weighted by Gasteiger charge is -2.38. The Bertz CT molecular complexity index is 1400. The lowest BCUT2D eigenvalue weighted by Crippen LogP contribution is -2.49. The maximum absolute atomic E-state index is 13.6. The summed E-state index contributed by atoms with van der Waals surface area (Å²) in [5.41, 5.74) is 8.88. The van der Waals surface area contributed by atoms with Crippen LogP contribution in [-0.4, -0.2) is 61.6 Å². The molecule has 2 unspecified atom stereocenters. The Morgan fingerprint density at radius 2 is 2.17 bits per heavy atom. The van der Waals surface area contributed by atoms with Crippen molar-refractivity contribution >= 4 is 34.4 Å². The molecule has 0 bridgehead atoms. The van der Waals surface area contributed by atoms with Crippen LogP contribution in [0, 0.1) is 5.92 Å². The van der Waals surface area contributed by atoms with E-state index < -0.39 is 0 Å². The third kappa shape index (κ3) is 4.44. The lowest BCUT2D eigenvalue weighted by atomic mass is 9.87. The number of nitrogens with two attached hydrogens (primary N) is 1. The van der Waals surface area contributed by atoms with Gasteiger partial charge in [-0.25, -0.2) is 9.97 Å². The van der Waals surface area contributed by atoms with Crippen LogP contribution in [0.25, 0.3) is 22.3 Å². The predicted molar refractivity (Wildman–Crippen MR) is 130 cm³/mol. The Morgan fingerprint density at radius 3 is 2.97 bits per heavy atom. The summed E-state index contributed by atoms with van der Waals surface area (Å²) in [6.45, 7) is 0.413. The molecule has 1 fully saturated rings. The largest absolute Gasteiger partial charge is 0.481 e. The highest BCUT2D eigenvalue weighted by atomic mass is 35.5. The van der Waals surface area contributed by atoms with Crippen molar-refractivity contribution in [3.8, 4) is 17.1 Å². The summed E-state index contributed by atoms with van der Waals surface area (Å²) in [5.74, 6) is -0.436. The van der Waals surface area contributed by atoms with Gasteiger partial charge in [-0.15, -0.1) is 0 Å². The topological polar surface area (TPSA) is 143 Å². The molecule has 0 radical (unpaired) electrons. The van der Waals surface area contributed by atoms with Crippen LogP contribution in [0.4, 0.5) is 0 Å². The molecule has 2 amide bonds. The van der Waals surface area contributed by atoms with Gasteiger partial charge in [-0.05, 0) is 43.0 Å². The number of methoxy groups -OCH3 is 1. The van der Waals surface area contributed by atoms with Crippen molar-refractivity contribution in [3.05, 3.63) is 59.1 Å². The second-order valence-electron chi connectivity index (χ2n) is 8.57. The van der Waals surface area contributed by atoms with Gasteiger partial charge in [0.15, 0.2) is 0 Å². The summed E-state index contributed by atoms with van der Waals surface area (Å²) in [6, 6.07) is 6.97. The molecule has 5 heterocycles. The van der Waals surface area contributed by atoms with Crippen molar-refractivity contribution < 1.29 is 14.3 Å². The molecule has 4 aromatic heterocycles. The summed E-state index contributed by atoms with van der Waals surface area (Å²) in [5, 5.41) is 8.52.